The standard InChI is InChI=1S/C16H10N6/c17-9-13(10-18)22-21-12-7-5-11(6-8-12)16-19-14-3-1-2-4-15(14)20-16/h1-8,13H,(H,19,20). The normalized spacial score (nSPS) is 10.9. The molecule has 0 radical (unpaired) electrons. The molecule has 0 amide bonds. The number of nitriles is 2. The van der Waals surface area contributed by atoms with Crippen molar-refractivity contribution in [3.63, 3.8) is 0 Å². The molecule has 1 aromatic heterocycles. The molecule has 3 aromatic rings. The summed E-state index contributed by atoms with van der Waals surface area (Å²) in [6.45, 7) is 0. The minimum atomic E-state index is -1.07. The third-order valence-electron chi connectivity index (χ3n) is 3.06. The van der Waals surface area contributed by atoms with Crippen molar-refractivity contribution in [1.82, 2.24) is 9.97 Å². The second kappa shape index (κ2) is 5.86. The Balaban J connectivity index is 1.85. The molecule has 0 spiro atoms. The zero-order chi connectivity index (χ0) is 15.4. The highest BCUT2D eigenvalue weighted by Gasteiger charge is 2.05. The number of azo groups is 1. The van der Waals surface area contributed by atoms with Crippen molar-refractivity contribution in [2.24, 2.45) is 10.2 Å². The van der Waals surface area contributed by atoms with Gasteiger partial charge in [0.25, 0.3) is 0 Å². The lowest BCUT2D eigenvalue weighted by atomic mass is 10.2. The van der Waals surface area contributed by atoms with Gasteiger partial charge in [0.05, 0.1) is 16.7 Å². The molecular weight excluding hydrogens is 276 g/mol. The Hall–Kier alpha value is -3.51. The molecule has 0 unspecified atom stereocenters. The van der Waals surface area contributed by atoms with Crippen molar-refractivity contribution in [2.45, 2.75) is 6.04 Å². The highest BCUT2D eigenvalue weighted by molar-refractivity contribution is 5.79. The van der Waals surface area contributed by atoms with Crippen molar-refractivity contribution in [1.29, 1.82) is 10.5 Å². The Morgan fingerprint density at radius 2 is 1.73 bits per heavy atom. The summed E-state index contributed by atoms with van der Waals surface area (Å²) in [4.78, 5) is 7.77. The van der Waals surface area contributed by atoms with Crippen LogP contribution < -0.4 is 0 Å². The molecule has 22 heavy (non-hydrogen) atoms. The number of rotatable bonds is 3. The van der Waals surface area contributed by atoms with Gasteiger partial charge in [-0.15, -0.1) is 0 Å². The number of imidazole rings is 1. The molecule has 0 aliphatic heterocycles. The molecule has 0 fully saturated rings. The van der Waals surface area contributed by atoms with Crippen molar-refractivity contribution >= 4 is 16.7 Å². The van der Waals surface area contributed by atoms with Crippen molar-refractivity contribution in [2.75, 3.05) is 0 Å². The smallest absolute Gasteiger partial charge is 0.242 e. The minimum absolute atomic E-state index is 0.579. The van der Waals surface area contributed by atoms with Gasteiger partial charge >= 0.3 is 0 Å². The molecule has 2 aromatic carbocycles. The van der Waals surface area contributed by atoms with Crippen LogP contribution in [-0.4, -0.2) is 16.0 Å². The van der Waals surface area contributed by atoms with Gasteiger partial charge in [-0.3, -0.25) is 0 Å². The van der Waals surface area contributed by atoms with Gasteiger partial charge in [0.15, 0.2) is 0 Å². The summed E-state index contributed by atoms with van der Waals surface area (Å²) in [5.41, 5.74) is 3.39. The van der Waals surface area contributed by atoms with E-state index in [0.717, 1.165) is 22.4 Å². The average molecular weight is 286 g/mol. The van der Waals surface area contributed by atoms with Crippen molar-refractivity contribution in [3.05, 3.63) is 48.5 Å². The maximum absolute atomic E-state index is 8.63. The molecular formula is C16H10N6. The number of aromatic amines is 1. The molecule has 0 bridgehead atoms. The first kappa shape index (κ1) is 13.5. The first-order valence-electron chi connectivity index (χ1n) is 6.55. The first-order valence-corrected chi connectivity index (χ1v) is 6.55. The SMILES string of the molecule is N#CC(C#N)N=Nc1ccc(-c2nc3ccccc3[nH]2)cc1. The summed E-state index contributed by atoms with van der Waals surface area (Å²) < 4.78 is 0. The van der Waals surface area contributed by atoms with E-state index in [1.165, 1.54) is 0 Å². The van der Waals surface area contributed by atoms with Gasteiger partial charge < -0.3 is 4.98 Å². The largest absolute Gasteiger partial charge is 0.338 e. The van der Waals surface area contributed by atoms with Gasteiger partial charge in [-0.1, -0.05) is 12.1 Å². The predicted molar refractivity (Wildman–Crippen MR) is 81.1 cm³/mol. The van der Waals surface area contributed by atoms with Gasteiger partial charge in [-0.05, 0) is 36.4 Å². The summed E-state index contributed by atoms with van der Waals surface area (Å²) in [5, 5.41) is 24.8. The molecule has 0 atom stereocenters. The number of hydrogen-bond acceptors (Lipinski definition) is 5. The zero-order valence-corrected chi connectivity index (χ0v) is 11.4. The third kappa shape index (κ3) is 2.67. The van der Waals surface area contributed by atoms with E-state index >= 15 is 0 Å². The highest BCUT2D eigenvalue weighted by atomic mass is 15.1. The molecule has 0 saturated heterocycles. The van der Waals surface area contributed by atoms with Crippen LogP contribution in [0.3, 0.4) is 0 Å². The first-order chi connectivity index (χ1) is 10.8. The second-order valence-corrected chi connectivity index (χ2v) is 4.53. The number of benzene rings is 2. The summed E-state index contributed by atoms with van der Waals surface area (Å²) in [7, 11) is 0. The number of hydrogen-bond donors (Lipinski definition) is 1. The van der Waals surface area contributed by atoms with Crippen LogP contribution in [0.5, 0.6) is 0 Å². The molecule has 0 aliphatic carbocycles. The van der Waals surface area contributed by atoms with Crippen LogP contribution in [0.2, 0.25) is 0 Å². The van der Waals surface area contributed by atoms with Crippen LogP contribution in [-0.2, 0) is 0 Å². The Bertz CT molecular complexity index is 861. The fraction of sp³-hybridized carbons (Fsp3) is 0.0625. The maximum atomic E-state index is 8.63. The molecule has 3 rings (SSSR count). The topological polar surface area (TPSA) is 101 Å². The van der Waals surface area contributed by atoms with E-state index in [1.807, 2.05) is 36.4 Å². The van der Waals surface area contributed by atoms with Gasteiger partial charge in [0, 0.05) is 5.56 Å². The second-order valence-electron chi connectivity index (χ2n) is 4.53. The van der Waals surface area contributed by atoms with E-state index in [9.17, 15) is 0 Å². The van der Waals surface area contributed by atoms with E-state index in [0.29, 0.717) is 5.69 Å². The van der Waals surface area contributed by atoms with E-state index in [1.54, 1.807) is 24.3 Å². The zero-order valence-electron chi connectivity index (χ0n) is 11.4. The van der Waals surface area contributed by atoms with E-state index in [4.69, 9.17) is 10.5 Å². The van der Waals surface area contributed by atoms with Crippen LogP contribution in [0, 0.1) is 22.7 Å². The molecule has 1 N–H and O–H groups in total. The van der Waals surface area contributed by atoms with Gasteiger partial charge in [0.1, 0.15) is 18.0 Å². The van der Waals surface area contributed by atoms with Crippen LogP contribution >= 0.6 is 0 Å². The number of fused-ring (bicyclic) bond motifs is 1. The summed E-state index contributed by atoms with van der Waals surface area (Å²) in [6, 6.07) is 17.5. The summed E-state index contributed by atoms with van der Waals surface area (Å²) >= 11 is 0. The molecule has 6 nitrogen and oxygen atoms in total. The Morgan fingerprint density at radius 1 is 1.00 bits per heavy atom. The third-order valence-corrected chi connectivity index (χ3v) is 3.06. The fourth-order valence-electron chi connectivity index (χ4n) is 1.98. The van der Waals surface area contributed by atoms with Gasteiger partial charge in [-0.25, -0.2) is 4.98 Å². The quantitative estimate of drug-likeness (QED) is 0.742. The van der Waals surface area contributed by atoms with Gasteiger partial charge in [-0.2, -0.15) is 20.8 Å². The number of aromatic nitrogens is 2. The fourth-order valence-corrected chi connectivity index (χ4v) is 1.98. The summed E-state index contributed by atoms with van der Waals surface area (Å²) in [6.07, 6.45) is 0. The number of nitrogens with zero attached hydrogens (tertiary/aromatic N) is 5. The van der Waals surface area contributed by atoms with Gasteiger partial charge in [0.2, 0.25) is 6.04 Å². The van der Waals surface area contributed by atoms with Crippen LogP contribution in [0.4, 0.5) is 5.69 Å². The van der Waals surface area contributed by atoms with Crippen molar-refractivity contribution < 1.29 is 0 Å². The molecule has 1 heterocycles. The highest BCUT2D eigenvalue weighted by Crippen LogP contribution is 2.23. The van der Waals surface area contributed by atoms with Crippen LogP contribution in [0.1, 0.15) is 0 Å². The number of nitrogens with one attached hydrogen (secondary N) is 1. The van der Waals surface area contributed by atoms with E-state index in [2.05, 4.69) is 20.2 Å². The van der Waals surface area contributed by atoms with Crippen LogP contribution in [0.15, 0.2) is 58.8 Å². The van der Waals surface area contributed by atoms with E-state index in [-0.39, 0.29) is 0 Å². The minimum Gasteiger partial charge on any atom is -0.338 e. The van der Waals surface area contributed by atoms with Crippen molar-refractivity contribution in [3.8, 4) is 23.5 Å². The monoisotopic (exact) mass is 286 g/mol. The Morgan fingerprint density at radius 3 is 2.41 bits per heavy atom. The molecule has 0 aliphatic rings. The Labute approximate surface area is 126 Å². The predicted octanol–water partition coefficient (Wildman–Crippen LogP) is 3.73. The van der Waals surface area contributed by atoms with E-state index < -0.39 is 6.04 Å². The Kier molecular flexibility index (Phi) is 3.59. The lowest BCUT2D eigenvalue weighted by Gasteiger charge is -1.97. The van der Waals surface area contributed by atoms with Crippen LogP contribution in [0.25, 0.3) is 22.4 Å². The molecule has 104 valence electrons. The lowest BCUT2D eigenvalue weighted by Crippen LogP contribution is -1.92. The average Bonchev–Trinajstić information content (AvgIpc) is 3.00. The molecule has 0 saturated carbocycles. The lowest BCUT2D eigenvalue weighted by molar-refractivity contribution is 0.949. The maximum Gasteiger partial charge on any atom is 0.242 e. The number of H-pyrrole nitrogens is 1. The number of para-hydroxylation sites is 2. The molecule has 6 heteroatoms. The summed E-state index contributed by atoms with van der Waals surface area (Å²) in [5.74, 6) is 0.775.